The summed E-state index contributed by atoms with van der Waals surface area (Å²) in [4.78, 5) is 10.1. The highest BCUT2D eigenvalue weighted by Crippen LogP contribution is 2.47. The number of nitrogens with one attached hydrogen (secondary N) is 2. The van der Waals surface area contributed by atoms with Gasteiger partial charge in [-0.15, -0.1) is 11.8 Å². The number of nitrogens with zero attached hydrogens (tertiary/aromatic N) is 3. The van der Waals surface area contributed by atoms with Crippen LogP contribution in [0, 0.1) is 0 Å². The van der Waals surface area contributed by atoms with Gasteiger partial charge in [0.15, 0.2) is 5.96 Å². The molecule has 0 saturated carbocycles. The van der Waals surface area contributed by atoms with Crippen molar-refractivity contribution in [1.29, 1.82) is 0 Å². The summed E-state index contributed by atoms with van der Waals surface area (Å²) < 4.78 is 12.3. The lowest BCUT2D eigenvalue weighted by Crippen LogP contribution is -2.70. The Labute approximate surface area is 153 Å². The maximum absolute atomic E-state index is 6.31. The highest BCUT2D eigenvalue weighted by molar-refractivity contribution is 8.00. The number of hydrogen-bond donors (Lipinski definition) is 2. The molecule has 7 nitrogen and oxygen atoms in total. The van der Waals surface area contributed by atoms with Crippen LogP contribution in [0.1, 0.15) is 25.7 Å². The van der Waals surface area contributed by atoms with Gasteiger partial charge in [0.25, 0.3) is 0 Å². The molecule has 8 heteroatoms. The number of ether oxygens (including phenoxy) is 2. The van der Waals surface area contributed by atoms with Gasteiger partial charge in [-0.25, -0.2) is 0 Å². The Morgan fingerprint density at radius 2 is 2.04 bits per heavy atom. The Morgan fingerprint density at radius 3 is 2.72 bits per heavy atom. The van der Waals surface area contributed by atoms with Gasteiger partial charge < -0.3 is 19.7 Å². The molecule has 0 aromatic rings. The van der Waals surface area contributed by atoms with Crippen molar-refractivity contribution in [3.63, 3.8) is 0 Å². The molecular formula is C17H29N5O2S. The molecule has 0 bridgehead atoms. The quantitative estimate of drug-likeness (QED) is 0.741. The van der Waals surface area contributed by atoms with E-state index in [1.54, 1.807) is 0 Å². The van der Waals surface area contributed by atoms with Crippen LogP contribution in [0.2, 0.25) is 0 Å². The van der Waals surface area contributed by atoms with Gasteiger partial charge in [-0.05, 0) is 25.7 Å². The largest absolute Gasteiger partial charge is 0.374 e. The SMILES string of the molecule is C1COC(C2(N3CCCC3)CSC(C3NCCO3)N2C2=NCCN2)C1. The first-order valence-corrected chi connectivity index (χ1v) is 10.9. The fraction of sp³-hybridized carbons (Fsp3) is 0.941. The van der Waals surface area contributed by atoms with Gasteiger partial charge in [-0.3, -0.25) is 15.2 Å². The van der Waals surface area contributed by atoms with Gasteiger partial charge in [0.2, 0.25) is 0 Å². The van der Waals surface area contributed by atoms with Gasteiger partial charge in [-0.1, -0.05) is 0 Å². The monoisotopic (exact) mass is 367 g/mol. The zero-order valence-electron chi connectivity index (χ0n) is 14.8. The zero-order chi connectivity index (χ0) is 16.7. The van der Waals surface area contributed by atoms with Crippen LogP contribution in [0.15, 0.2) is 4.99 Å². The molecule has 0 amide bonds. The fourth-order valence-electron chi connectivity index (χ4n) is 5.02. The molecule has 25 heavy (non-hydrogen) atoms. The number of guanidine groups is 1. The summed E-state index contributed by atoms with van der Waals surface area (Å²) in [7, 11) is 0. The van der Waals surface area contributed by atoms with Crippen molar-refractivity contribution in [1.82, 2.24) is 20.4 Å². The molecule has 140 valence electrons. The lowest BCUT2D eigenvalue weighted by atomic mass is 9.97. The Kier molecular flexibility index (Phi) is 4.58. The van der Waals surface area contributed by atoms with Gasteiger partial charge >= 0.3 is 0 Å². The van der Waals surface area contributed by atoms with E-state index in [9.17, 15) is 0 Å². The minimum absolute atomic E-state index is 0.0704. The van der Waals surface area contributed by atoms with Gasteiger partial charge in [0.1, 0.15) is 17.3 Å². The van der Waals surface area contributed by atoms with Crippen molar-refractivity contribution in [2.24, 2.45) is 4.99 Å². The van der Waals surface area contributed by atoms with E-state index in [1.807, 2.05) is 11.8 Å². The minimum atomic E-state index is -0.0911. The second-order valence-corrected chi connectivity index (χ2v) is 8.63. The standard InChI is InChI=1S/C17H29N5O2S/c1-2-9-21(8-1)17(13-4-3-10-23-13)12-25-15(14-18-7-11-24-14)22(17)16-19-5-6-20-16/h13-15,18H,1-12H2,(H,19,20). The second kappa shape index (κ2) is 6.88. The van der Waals surface area contributed by atoms with E-state index in [-0.39, 0.29) is 23.4 Å². The topological polar surface area (TPSA) is 61.4 Å². The summed E-state index contributed by atoms with van der Waals surface area (Å²) in [5.74, 6) is 2.11. The van der Waals surface area contributed by atoms with Crippen LogP contribution in [-0.4, -0.2) is 90.8 Å². The summed E-state index contributed by atoms with van der Waals surface area (Å²) in [6, 6.07) is 0. The van der Waals surface area contributed by atoms with Crippen LogP contribution >= 0.6 is 11.8 Å². The van der Waals surface area contributed by atoms with E-state index in [0.29, 0.717) is 0 Å². The molecule has 0 aliphatic carbocycles. The van der Waals surface area contributed by atoms with Crippen LogP contribution in [0.3, 0.4) is 0 Å². The highest BCUT2D eigenvalue weighted by Gasteiger charge is 2.60. The second-order valence-electron chi connectivity index (χ2n) is 7.52. The molecule has 0 aromatic heterocycles. The van der Waals surface area contributed by atoms with Crippen LogP contribution in [-0.2, 0) is 9.47 Å². The smallest absolute Gasteiger partial charge is 0.196 e. The van der Waals surface area contributed by atoms with E-state index in [1.165, 1.54) is 19.3 Å². The van der Waals surface area contributed by atoms with Crippen LogP contribution in [0.5, 0.6) is 0 Å². The van der Waals surface area contributed by atoms with Gasteiger partial charge in [-0.2, -0.15) is 0 Å². The molecule has 4 saturated heterocycles. The molecule has 4 atom stereocenters. The molecule has 0 aromatic carbocycles. The van der Waals surface area contributed by atoms with Crippen molar-refractivity contribution in [2.45, 2.75) is 49.1 Å². The molecule has 2 N–H and O–H groups in total. The van der Waals surface area contributed by atoms with Crippen molar-refractivity contribution in [3.05, 3.63) is 0 Å². The molecule has 5 heterocycles. The number of likely N-dealkylation sites (tertiary alicyclic amines) is 1. The predicted octanol–water partition coefficient (Wildman–Crippen LogP) is 0.238. The third-order valence-electron chi connectivity index (χ3n) is 6.13. The number of thioether (sulfide) groups is 1. The van der Waals surface area contributed by atoms with E-state index in [0.717, 1.165) is 64.1 Å². The van der Waals surface area contributed by atoms with Crippen LogP contribution in [0.4, 0.5) is 0 Å². The van der Waals surface area contributed by atoms with E-state index in [2.05, 4.69) is 20.4 Å². The van der Waals surface area contributed by atoms with Crippen LogP contribution in [0.25, 0.3) is 0 Å². The summed E-state index contributed by atoms with van der Waals surface area (Å²) >= 11 is 2.01. The van der Waals surface area contributed by atoms with E-state index < -0.39 is 0 Å². The lowest BCUT2D eigenvalue weighted by molar-refractivity contribution is -0.100. The van der Waals surface area contributed by atoms with Gasteiger partial charge in [0.05, 0.1) is 19.3 Å². The molecule has 5 rings (SSSR count). The summed E-state index contributed by atoms with van der Waals surface area (Å²) in [6.45, 7) is 6.75. The Morgan fingerprint density at radius 1 is 1.12 bits per heavy atom. The molecule has 4 unspecified atom stereocenters. The summed E-state index contributed by atoms with van der Waals surface area (Å²) in [6.07, 6.45) is 5.22. The first-order chi connectivity index (χ1) is 12.4. The van der Waals surface area contributed by atoms with Crippen molar-refractivity contribution >= 4 is 17.7 Å². The third-order valence-corrected chi connectivity index (χ3v) is 7.52. The fourth-order valence-corrected chi connectivity index (χ4v) is 6.72. The molecule has 0 radical (unpaired) electrons. The number of rotatable bonds is 3. The van der Waals surface area contributed by atoms with E-state index in [4.69, 9.17) is 14.5 Å². The van der Waals surface area contributed by atoms with Crippen molar-refractivity contribution < 1.29 is 9.47 Å². The minimum Gasteiger partial charge on any atom is -0.374 e. The van der Waals surface area contributed by atoms with Crippen LogP contribution < -0.4 is 10.6 Å². The van der Waals surface area contributed by atoms with Crippen molar-refractivity contribution in [3.8, 4) is 0 Å². The number of hydrogen-bond acceptors (Lipinski definition) is 8. The summed E-state index contributed by atoms with van der Waals surface area (Å²) in [5, 5.41) is 7.34. The number of aliphatic imine (C=N–C) groups is 1. The predicted molar refractivity (Wildman–Crippen MR) is 98.6 cm³/mol. The normalized spacial score (nSPS) is 42.3. The third kappa shape index (κ3) is 2.68. The Hall–Kier alpha value is -0.540. The van der Waals surface area contributed by atoms with Gasteiger partial charge in [0, 0.05) is 38.5 Å². The Bertz CT molecular complexity index is 499. The first kappa shape index (κ1) is 16.6. The Balaban J connectivity index is 1.54. The maximum Gasteiger partial charge on any atom is 0.196 e. The first-order valence-electron chi connectivity index (χ1n) is 9.80. The average Bonchev–Trinajstić information content (AvgIpc) is 3.49. The maximum atomic E-state index is 6.31. The molecular weight excluding hydrogens is 338 g/mol. The molecule has 5 aliphatic heterocycles. The lowest BCUT2D eigenvalue weighted by Gasteiger charge is -2.50. The molecule has 0 spiro atoms. The molecule has 4 fully saturated rings. The van der Waals surface area contributed by atoms with E-state index >= 15 is 0 Å². The summed E-state index contributed by atoms with van der Waals surface area (Å²) in [5.41, 5.74) is -0.0911. The average molecular weight is 368 g/mol. The highest BCUT2D eigenvalue weighted by atomic mass is 32.2. The van der Waals surface area contributed by atoms with Crippen molar-refractivity contribution in [2.75, 3.05) is 51.7 Å². The molecule has 5 aliphatic rings. The zero-order valence-corrected chi connectivity index (χ0v) is 15.6.